The van der Waals surface area contributed by atoms with Crippen LogP contribution in [-0.2, 0) is 9.59 Å². The molecule has 0 aromatic carbocycles. The highest BCUT2D eigenvalue weighted by Gasteiger charge is 2.65. The third-order valence-electron chi connectivity index (χ3n) is 5.76. The van der Waals surface area contributed by atoms with E-state index in [0.29, 0.717) is 18.8 Å². The molecule has 2 rings (SSSR count). The van der Waals surface area contributed by atoms with Crippen LogP contribution in [0.5, 0.6) is 0 Å². The molecule has 0 heterocycles. The van der Waals surface area contributed by atoms with E-state index in [0.717, 1.165) is 0 Å². The molecule has 108 valence electrons. The minimum absolute atomic E-state index is 0.0691. The van der Waals surface area contributed by atoms with Gasteiger partial charge < -0.3 is 10.4 Å². The van der Waals surface area contributed by atoms with Gasteiger partial charge in [-0.1, -0.05) is 34.6 Å². The summed E-state index contributed by atoms with van der Waals surface area (Å²) >= 11 is 0. The van der Waals surface area contributed by atoms with Gasteiger partial charge in [-0.05, 0) is 29.6 Å². The van der Waals surface area contributed by atoms with Gasteiger partial charge in [0.05, 0.1) is 11.8 Å². The molecule has 2 saturated carbocycles. The number of nitrogens with one attached hydrogen (secondary N) is 1. The van der Waals surface area contributed by atoms with Gasteiger partial charge in [-0.15, -0.1) is 0 Å². The summed E-state index contributed by atoms with van der Waals surface area (Å²) in [5.41, 5.74) is 0.178. The molecular weight excluding hydrogens is 242 g/mol. The number of carbonyl (C=O) groups is 2. The first-order chi connectivity index (χ1) is 8.59. The first-order valence-electron chi connectivity index (χ1n) is 7.12. The highest BCUT2D eigenvalue weighted by molar-refractivity contribution is 5.86. The quantitative estimate of drug-likeness (QED) is 0.824. The van der Waals surface area contributed by atoms with E-state index >= 15 is 0 Å². The first-order valence-corrected chi connectivity index (χ1v) is 7.12. The van der Waals surface area contributed by atoms with Crippen molar-refractivity contribution in [2.45, 2.75) is 53.5 Å². The predicted molar refractivity (Wildman–Crippen MR) is 72.5 cm³/mol. The molecule has 2 aliphatic carbocycles. The smallest absolute Gasteiger partial charge is 0.307 e. The number of rotatable bonds is 3. The minimum Gasteiger partial charge on any atom is -0.481 e. The van der Waals surface area contributed by atoms with Crippen molar-refractivity contribution in [3.63, 3.8) is 0 Å². The van der Waals surface area contributed by atoms with Crippen molar-refractivity contribution in [2.24, 2.45) is 28.6 Å². The van der Waals surface area contributed by atoms with Crippen LogP contribution in [0.1, 0.15) is 47.5 Å². The summed E-state index contributed by atoms with van der Waals surface area (Å²) in [6.07, 6.45) is 1.31. The van der Waals surface area contributed by atoms with Crippen molar-refractivity contribution in [3.8, 4) is 0 Å². The fraction of sp³-hybridized carbons (Fsp3) is 0.867. The molecule has 19 heavy (non-hydrogen) atoms. The molecule has 0 spiro atoms. The number of hydrogen-bond acceptors (Lipinski definition) is 2. The van der Waals surface area contributed by atoms with Gasteiger partial charge >= 0.3 is 5.97 Å². The zero-order valence-electron chi connectivity index (χ0n) is 12.5. The third-order valence-corrected chi connectivity index (χ3v) is 5.76. The molecule has 4 heteroatoms. The Labute approximate surface area is 115 Å². The first kappa shape index (κ1) is 14.4. The molecule has 4 nitrogen and oxygen atoms in total. The van der Waals surface area contributed by atoms with Crippen molar-refractivity contribution in [2.75, 3.05) is 0 Å². The maximum absolute atomic E-state index is 12.4. The molecule has 0 aromatic heterocycles. The zero-order chi connectivity index (χ0) is 14.6. The largest absolute Gasteiger partial charge is 0.481 e. The van der Waals surface area contributed by atoms with Gasteiger partial charge in [0.15, 0.2) is 0 Å². The SMILES string of the molecule is CC1C[C@H](C(=O)NC2C(C)(C)C2(C)C)[C@H](C(=O)O)C1. The zero-order valence-corrected chi connectivity index (χ0v) is 12.5. The summed E-state index contributed by atoms with van der Waals surface area (Å²) < 4.78 is 0. The van der Waals surface area contributed by atoms with Crippen molar-refractivity contribution in [1.29, 1.82) is 0 Å². The van der Waals surface area contributed by atoms with E-state index < -0.39 is 11.9 Å². The molecular formula is C15H25NO3. The van der Waals surface area contributed by atoms with Crippen LogP contribution in [0.25, 0.3) is 0 Å². The van der Waals surface area contributed by atoms with Crippen LogP contribution in [0, 0.1) is 28.6 Å². The highest BCUT2D eigenvalue weighted by atomic mass is 16.4. The Bertz CT molecular complexity index is 400. The number of amides is 1. The van der Waals surface area contributed by atoms with Gasteiger partial charge in [-0.2, -0.15) is 0 Å². The Balaban J connectivity index is 2.03. The monoisotopic (exact) mass is 267 g/mol. The Morgan fingerprint density at radius 3 is 1.95 bits per heavy atom. The van der Waals surface area contributed by atoms with Crippen LogP contribution >= 0.6 is 0 Å². The Morgan fingerprint density at radius 1 is 1.05 bits per heavy atom. The van der Waals surface area contributed by atoms with Gasteiger partial charge in [0.2, 0.25) is 5.91 Å². The second-order valence-electron chi connectivity index (χ2n) is 7.51. The van der Waals surface area contributed by atoms with Crippen molar-refractivity contribution < 1.29 is 14.7 Å². The number of aliphatic carboxylic acids is 1. The van der Waals surface area contributed by atoms with Crippen LogP contribution < -0.4 is 5.32 Å². The normalized spacial score (nSPS) is 35.9. The van der Waals surface area contributed by atoms with E-state index in [1.165, 1.54) is 0 Å². The number of hydrogen-bond donors (Lipinski definition) is 2. The lowest BCUT2D eigenvalue weighted by Gasteiger charge is -2.16. The molecule has 1 unspecified atom stereocenters. The summed E-state index contributed by atoms with van der Waals surface area (Å²) in [4.78, 5) is 23.6. The summed E-state index contributed by atoms with van der Waals surface area (Å²) in [5.74, 6) is -1.46. The lowest BCUT2D eigenvalue weighted by atomic mass is 9.95. The lowest BCUT2D eigenvalue weighted by molar-refractivity contribution is -0.146. The Morgan fingerprint density at radius 2 is 1.53 bits per heavy atom. The molecule has 2 fully saturated rings. The number of carboxylic acids is 1. The van der Waals surface area contributed by atoms with E-state index in [4.69, 9.17) is 0 Å². The Hall–Kier alpha value is -1.06. The van der Waals surface area contributed by atoms with Crippen LogP contribution in [0.15, 0.2) is 0 Å². The summed E-state index contributed by atoms with van der Waals surface area (Å²) in [6, 6.07) is 0.151. The van der Waals surface area contributed by atoms with Gasteiger partial charge in [0, 0.05) is 6.04 Å². The number of carboxylic acid groups (broad SMARTS) is 1. The van der Waals surface area contributed by atoms with E-state index in [9.17, 15) is 14.7 Å². The third kappa shape index (κ3) is 2.15. The summed E-state index contributed by atoms with van der Waals surface area (Å²) in [5, 5.41) is 12.3. The molecule has 1 amide bonds. The van der Waals surface area contributed by atoms with Crippen molar-refractivity contribution in [3.05, 3.63) is 0 Å². The summed E-state index contributed by atoms with van der Waals surface area (Å²) in [7, 11) is 0. The highest BCUT2D eigenvalue weighted by Crippen LogP contribution is 2.62. The second kappa shape index (κ2) is 4.22. The molecule has 0 aromatic rings. The van der Waals surface area contributed by atoms with Gasteiger partial charge in [-0.25, -0.2) is 0 Å². The molecule has 0 bridgehead atoms. The van der Waals surface area contributed by atoms with E-state index in [2.05, 4.69) is 33.0 Å². The fourth-order valence-electron chi connectivity index (χ4n) is 3.66. The maximum atomic E-state index is 12.4. The molecule has 0 saturated heterocycles. The van der Waals surface area contributed by atoms with Gasteiger partial charge in [0.25, 0.3) is 0 Å². The second-order valence-corrected chi connectivity index (χ2v) is 7.51. The predicted octanol–water partition coefficient (Wildman–Crippen LogP) is 2.28. The molecule has 2 N–H and O–H groups in total. The maximum Gasteiger partial charge on any atom is 0.307 e. The average Bonchev–Trinajstić information content (AvgIpc) is 2.65. The summed E-state index contributed by atoms with van der Waals surface area (Å²) in [6.45, 7) is 10.6. The van der Waals surface area contributed by atoms with Gasteiger partial charge in [-0.3, -0.25) is 9.59 Å². The minimum atomic E-state index is -0.834. The van der Waals surface area contributed by atoms with Crippen LogP contribution in [-0.4, -0.2) is 23.0 Å². The molecule has 2 aliphatic rings. The molecule has 3 atom stereocenters. The standard InChI is InChI=1S/C15H25NO3/c1-8-6-9(10(7-8)12(18)19)11(17)16-13-14(2,3)15(13,4)5/h8-10,13H,6-7H2,1-5H3,(H,16,17)(H,18,19)/t8?,9-,10+/m0/s1. The van der Waals surface area contributed by atoms with Crippen LogP contribution in [0.3, 0.4) is 0 Å². The topological polar surface area (TPSA) is 66.4 Å². The van der Waals surface area contributed by atoms with E-state index in [1.54, 1.807) is 0 Å². The van der Waals surface area contributed by atoms with E-state index in [1.807, 2.05) is 6.92 Å². The lowest BCUT2D eigenvalue weighted by Crippen LogP contribution is -2.38. The fourth-order valence-corrected chi connectivity index (χ4v) is 3.66. The van der Waals surface area contributed by atoms with Gasteiger partial charge in [0.1, 0.15) is 0 Å². The van der Waals surface area contributed by atoms with E-state index in [-0.39, 0.29) is 28.7 Å². The van der Waals surface area contributed by atoms with Crippen LogP contribution in [0.4, 0.5) is 0 Å². The molecule has 0 radical (unpaired) electrons. The number of carbonyl (C=O) groups excluding carboxylic acids is 1. The van der Waals surface area contributed by atoms with Crippen molar-refractivity contribution >= 4 is 11.9 Å². The Kier molecular flexibility index (Phi) is 3.19. The average molecular weight is 267 g/mol. The molecule has 0 aliphatic heterocycles. The van der Waals surface area contributed by atoms with Crippen molar-refractivity contribution in [1.82, 2.24) is 5.32 Å². The van der Waals surface area contributed by atoms with Crippen LogP contribution in [0.2, 0.25) is 0 Å².